The molecule has 0 bridgehead atoms. The summed E-state index contributed by atoms with van der Waals surface area (Å²) in [5, 5.41) is 0. The van der Waals surface area contributed by atoms with Crippen LogP contribution in [0.5, 0.6) is 5.75 Å². The molecule has 1 heterocycles. The molecule has 0 radical (unpaired) electrons. The van der Waals surface area contributed by atoms with Crippen molar-refractivity contribution >= 4 is 21.7 Å². The van der Waals surface area contributed by atoms with Crippen molar-refractivity contribution < 1.29 is 27.4 Å². The third-order valence-corrected chi connectivity index (χ3v) is 5.41. The Bertz CT molecular complexity index is 980. The number of ether oxygens (including phenoxy) is 3. The summed E-state index contributed by atoms with van der Waals surface area (Å²) in [6.45, 7) is 1.94. The number of carbonyl (C=O) groups is 1. The highest BCUT2D eigenvalue weighted by molar-refractivity contribution is 7.90. The lowest BCUT2D eigenvalue weighted by atomic mass is 10.0. The molecule has 3 rings (SSSR count). The molecule has 0 saturated heterocycles. The maximum Gasteiger partial charge on any atom is 0.335 e. The summed E-state index contributed by atoms with van der Waals surface area (Å²) in [6, 6.07) is 12.5. The Balaban J connectivity index is 1.92. The fraction of sp³-hybridized carbons (Fsp3) is 0.300. The molecule has 1 aliphatic rings. The van der Waals surface area contributed by atoms with E-state index in [1.54, 1.807) is 50.4 Å². The van der Waals surface area contributed by atoms with Gasteiger partial charge in [0.15, 0.2) is 22.0 Å². The van der Waals surface area contributed by atoms with Gasteiger partial charge in [0, 0.05) is 11.8 Å². The van der Waals surface area contributed by atoms with Crippen LogP contribution in [-0.2, 0) is 24.1 Å². The molecule has 1 aliphatic heterocycles. The second kappa shape index (κ2) is 8.02. The van der Waals surface area contributed by atoms with E-state index in [4.69, 9.17) is 14.2 Å². The first kappa shape index (κ1) is 19.9. The molecule has 0 spiro atoms. The van der Waals surface area contributed by atoms with Crippen LogP contribution in [0.15, 0.2) is 58.4 Å². The van der Waals surface area contributed by atoms with Crippen molar-refractivity contribution in [3.05, 3.63) is 59.7 Å². The Morgan fingerprint density at radius 3 is 2.29 bits per heavy atom. The largest absolute Gasteiger partial charge is 0.497 e. The fourth-order valence-corrected chi connectivity index (χ4v) is 3.47. The van der Waals surface area contributed by atoms with Crippen LogP contribution in [0.25, 0.3) is 0 Å². The molecular formula is C20H21NO6S. The molecule has 0 unspecified atom stereocenters. The highest BCUT2D eigenvalue weighted by atomic mass is 32.2. The first-order chi connectivity index (χ1) is 13.3. The van der Waals surface area contributed by atoms with E-state index in [9.17, 15) is 13.2 Å². The minimum atomic E-state index is -3.31. The van der Waals surface area contributed by atoms with Crippen LogP contribution >= 0.6 is 0 Å². The van der Waals surface area contributed by atoms with Crippen LogP contribution in [0.4, 0.5) is 0 Å². The van der Waals surface area contributed by atoms with E-state index < -0.39 is 28.0 Å². The number of esters is 1. The van der Waals surface area contributed by atoms with Crippen molar-refractivity contribution in [1.82, 2.24) is 0 Å². The van der Waals surface area contributed by atoms with E-state index >= 15 is 0 Å². The molecule has 2 aromatic rings. The van der Waals surface area contributed by atoms with E-state index in [1.807, 2.05) is 0 Å². The van der Waals surface area contributed by atoms with Gasteiger partial charge in [-0.2, -0.15) is 0 Å². The number of nitrogens with zero attached hydrogens (tertiary/aromatic N) is 1. The molecule has 0 amide bonds. The lowest BCUT2D eigenvalue weighted by Crippen LogP contribution is -2.26. The lowest BCUT2D eigenvalue weighted by Gasteiger charge is -2.17. The summed E-state index contributed by atoms with van der Waals surface area (Å²) in [5.74, 6) is 0.512. The van der Waals surface area contributed by atoms with Gasteiger partial charge in [-0.25, -0.2) is 18.2 Å². The summed E-state index contributed by atoms with van der Waals surface area (Å²) in [4.78, 5) is 17.0. The van der Waals surface area contributed by atoms with Crippen molar-refractivity contribution in [3.63, 3.8) is 0 Å². The van der Waals surface area contributed by atoms with E-state index in [1.165, 1.54) is 12.1 Å². The van der Waals surface area contributed by atoms with Crippen molar-refractivity contribution in [2.75, 3.05) is 20.0 Å². The van der Waals surface area contributed by atoms with Gasteiger partial charge in [-0.05, 0) is 48.9 Å². The molecule has 0 N–H and O–H groups in total. The molecule has 148 valence electrons. The molecule has 7 nitrogen and oxygen atoms in total. The third-order valence-electron chi connectivity index (χ3n) is 4.28. The van der Waals surface area contributed by atoms with Crippen LogP contribution in [0.2, 0.25) is 0 Å². The zero-order chi connectivity index (χ0) is 20.3. The average Bonchev–Trinajstić information content (AvgIpc) is 3.13. The number of carbonyl (C=O) groups excluding carboxylic acids is 1. The predicted octanol–water partition coefficient (Wildman–Crippen LogP) is 2.55. The number of hydrogen-bond acceptors (Lipinski definition) is 7. The number of methoxy groups -OCH3 is 1. The van der Waals surface area contributed by atoms with E-state index in [2.05, 4.69) is 4.99 Å². The molecule has 0 aromatic heterocycles. The molecule has 0 aliphatic carbocycles. The van der Waals surface area contributed by atoms with Gasteiger partial charge in [0.05, 0.1) is 18.6 Å². The number of sulfone groups is 1. The highest BCUT2D eigenvalue weighted by Gasteiger charge is 2.39. The number of aliphatic imine (C=N–C) groups is 1. The van der Waals surface area contributed by atoms with Crippen molar-refractivity contribution in [3.8, 4) is 5.75 Å². The normalized spacial score (nSPS) is 18.9. The Morgan fingerprint density at radius 2 is 1.75 bits per heavy atom. The Labute approximate surface area is 163 Å². The van der Waals surface area contributed by atoms with E-state index in [-0.39, 0.29) is 11.5 Å². The molecule has 0 saturated carbocycles. The molecule has 28 heavy (non-hydrogen) atoms. The minimum absolute atomic E-state index is 0.193. The van der Waals surface area contributed by atoms with Gasteiger partial charge in [-0.1, -0.05) is 12.1 Å². The molecule has 2 aromatic carbocycles. The lowest BCUT2D eigenvalue weighted by molar-refractivity contribution is -0.146. The van der Waals surface area contributed by atoms with Gasteiger partial charge in [0.25, 0.3) is 0 Å². The van der Waals surface area contributed by atoms with Gasteiger partial charge in [0.2, 0.25) is 5.90 Å². The molecule has 2 atom stereocenters. The van der Waals surface area contributed by atoms with Gasteiger partial charge < -0.3 is 14.2 Å². The summed E-state index contributed by atoms with van der Waals surface area (Å²) >= 11 is 0. The zero-order valence-electron chi connectivity index (χ0n) is 15.8. The van der Waals surface area contributed by atoms with Crippen LogP contribution in [0.3, 0.4) is 0 Å². The van der Waals surface area contributed by atoms with Gasteiger partial charge in [0.1, 0.15) is 5.75 Å². The van der Waals surface area contributed by atoms with Crippen molar-refractivity contribution in [2.45, 2.75) is 24.0 Å². The molecular weight excluding hydrogens is 382 g/mol. The summed E-state index contributed by atoms with van der Waals surface area (Å²) in [6.07, 6.45) is 0.435. The van der Waals surface area contributed by atoms with Gasteiger partial charge >= 0.3 is 5.97 Å². The summed E-state index contributed by atoms with van der Waals surface area (Å²) in [7, 11) is -1.74. The predicted molar refractivity (Wildman–Crippen MR) is 103 cm³/mol. The van der Waals surface area contributed by atoms with Crippen LogP contribution in [-0.4, -0.2) is 46.3 Å². The number of hydrogen-bond donors (Lipinski definition) is 0. The number of rotatable bonds is 6. The fourth-order valence-electron chi connectivity index (χ4n) is 2.84. The second-order valence-electron chi connectivity index (χ2n) is 6.24. The van der Waals surface area contributed by atoms with E-state index in [0.717, 1.165) is 6.26 Å². The Hall–Kier alpha value is -2.87. The topological polar surface area (TPSA) is 91.3 Å². The first-order valence-corrected chi connectivity index (χ1v) is 10.6. The second-order valence-corrected chi connectivity index (χ2v) is 8.26. The monoisotopic (exact) mass is 403 g/mol. The number of benzene rings is 2. The maximum atomic E-state index is 12.4. The first-order valence-electron chi connectivity index (χ1n) is 8.69. The smallest absolute Gasteiger partial charge is 0.335 e. The van der Waals surface area contributed by atoms with Crippen LogP contribution < -0.4 is 4.74 Å². The minimum Gasteiger partial charge on any atom is -0.497 e. The molecule has 8 heteroatoms. The van der Waals surface area contributed by atoms with Gasteiger partial charge in [-0.15, -0.1) is 0 Å². The maximum absolute atomic E-state index is 12.4. The Morgan fingerprint density at radius 1 is 1.11 bits per heavy atom. The van der Waals surface area contributed by atoms with Crippen LogP contribution in [0, 0.1) is 0 Å². The Kier molecular flexibility index (Phi) is 5.69. The summed E-state index contributed by atoms with van der Waals surface area (Å²) in [5.41, 5.74) is 1.34. The SMILES string of the molecule is CCOC(=O)[C@H]1N=C(c2ccc(OC)cc2)O[C@@H]1c1ccc(S(C)(=O)=O)cc1. The van der Waals surface area contributed by atoms with E-state index in [0.29, 0.717) is 22.8 Å². The summed E-state index contributed by atoms with van der Waals surface area (Å²) < 4.78 is 39.6. The average molecular weight is 403 g/mol. The third kappa shape index (κ3) is 4.17. The quantitative estimate of drug-likeness (QED) is 0.689. The van der Waals surface area contributed by atoms with Gasteiger partial charge in [-0.3, -0.25) is 0 Å². The van der Waals surface area contributed by atoms with Crippen LogP contribution in [0.1, 0.15) is 24.2 Å². The highest BCUT2D eigenvalue weighted by Crippen LogP contribution is 2.33. The van der Waals surface area contributed by atoms with Crippen molar-refractivity contribution in [1.29, 1.82) is 0 Å². The zero-order valence-corrected chi connectivity index (χ0v) is 16.6. The van der Waals surface area contributed by atoms with Crippen molar-refractivity contribution in [2.24, 2.45) is 4.99 Å². The molecule has 0 fully saturated rings. The standard InChI is InChI=1S/C20H21NO6S/c1-4-26-20(22)17-18(13-7-11-16(12-8-13)28(3,23)24)27-19(21-17)14-5-9-15(25-2)10-6-14/h5-12,17-18H,4H2,1-3H3/t17-,18+/m0/s1.